The van der Waals surface area contributed by atoms with E-state index >= 15 is 0 Å². The zero-order chi connectivity index (χ0) is 14.7. The minimum atomic E-state index is 0.294. The molecule has 110 valence electrons. The van der Waals surface area contributed by atoms with Crippen LogP contribution in [0.5, 0.6) is 0 Å². The molecule has 0 amide bonds. The molecule has 1 unspecified atom stereocenters. The second kappa shape index (κ2) is 6.44. The highest BCUT2D eigenvalue weighted by Gasteiger charge is 2.14. The molecule has 0 aliphatic rings. The van der Waals surface area contributed by atoms with Crippen LogP contribution in [0, 0.1) is 20.8 Å². The summed E-state index contributed by atoms with van der Waals surface area (Å²) in [5.41, 5.74) is 2.46. The van der Waals surface area contributed by atoms with E-state index in [-0.39, 0.29) is 0 Å². The highest BCUT2D eigenvalue weighted by atomic mass is 32.1. The number of hydrogen-bond acceptors (Lipinski definition) is 3. The van der Waals surface area contributed by atoms with E-state index in [1.807, 2.05) is 11.3 Å². The lowest BCUT2D eigenvalue weighted by atomic mass is 10.1. The number of aryl methyl sites for hydroxylation is 4. The molecule has 0 saturated carbocycles. The summed E-state index contributed by atoms with van der Waals surface area (Å²) in [6, 6.07) is 2.58. The lowest BCUT2D eigenvalue weighted by molar-refractivity contribution is 0.630. The average molecular weight is 291 g/mol. The largest absolute Gasteiger partial charge is 0.349 e. The molecule has 1 atom stereocenters. The molecular formula is C16H25N3S. The number of unbranched alkanes of at least 4 members (excludes halogenated alkanes) is 1. The van der Waals surface area contributed by atoms with Gasteiger partial charge in [-0.3, -0.25) is 0 Å². The second-order valence-electron chi connectivity index (χ2n) is 5.49. The number of imidazole rings is 1. The molecule has 0 radical (unpaired) electrons. The Bertz CT molecular complexity index is 568. The molecule has 0 aliphatic carbocycles. The van der Waals surface area contributed by atoms with Gasteiger partial charge < -0.3 is 9.88 Å². The normalized spacial score (nSPS) is 12.7. The van der Waals surface area contributed by atoms with Gasteiger partial charge in [0.25, 0.3) is 0 Å². The molecule has 2 aromatic rings. The first kappa shape index (κ1) is 15.1. The highest BCUT2D eigenvalue weighted by Crippen LogP contribution is 2.28. The highest BCUT2D eigenvalue weighted by molar-refractivity contribution is 7.12. The number of nitrogens with one attached hydrogen (secondary N) is 1. The monoisotopic (exact) mass is 291 g/mol. The molecule has 4 heteroatoms. The van der Waals surface area contributed by atoms with Crippen LogP contribution in [-0.4, -0.2) is 9.55 Å². The van der Waals surface area contributed by atoms with Crippen LogP contribution in [0.2, 0.25) is 0 Å². The van der Waals surface area contributed by atoms with E-state index < -0.39 is 0 Å². The van der Waals surface area contributed by atoms with Gasteiger partial charge in [0.2, 0.25) is 5.95 Å². The molecule has 0 aliphatic heterocycles. The Morgan fingerprint density at radius 3 is 2.70 bits per heavy atom. The van der Waals surface area contributed by atoms with E-state index in [4.69, 9.17) is 0 Å². The summed E-state index contributed by atoms with van der Waals surface area (Å²) in [5, 5.41) is 3.57. The lowest BCUT2D eigenvalue weighted by Crippen LogP contribution is -2.12. The Morgan fingerprint density at radius 2 is 2.10 bits per heavy atom. The minimum absolute atomic E-state index is 0.294. The zero-order valence-corrected chi connectivity index (χ0v) is 14.0. The number of rotatable bonds is 6. The van der Waals surface area contributed by atoms with Gasteiger partial charge in [0.05, 0.1) is 11.7 Å². The lowest BCUT2D eigenvalue weighted by Gasteiger charge is -2.16. The van der Waals surface area contributed by atoms with Gasteiger partial charge in [0.1, 0.15) is 0 Å². The van der Waals surface area contributed by atoms with Gasteiger partial charge >= 0.3 is 0 Å². The molecule has 1 N–H and O–H groups in total. The SMILES string of the molecule is CCCCn1cc(C)nc1NC(C)c1cc(C)sc1C. The van der Waals surface area contributed by atoms with Crippen molar-refractivity contribution in [2.75, 3.05) is 5.32 Å². The van der Waals surface area contributed by atoms with E-state index in [1.54, 1.807) is 0 Å². The van der Waals surface area contributed by atoms with Gasteiger partial charge in [-0.05, 0) is 45.7 Å². The third-order valence-electron chi connectivity index (χ3n) is 3.54. The van der Waals surface area contributed by atoms with Crippen LogP contribution >= 0.6 is 11.3 Å². The van der Waals surface area contributed by atoms with Crippen LogP contribution in [0.4, 0.5) is 5.95 Å². The van der Waals surface area contributed by atoms with Crippen LogP contribution in [0.1, 0.15) is 53.7 Å². The fourth-order valence-electron chi connectivity index (χ4n) is 2.51. The molecule has 3 nitrogen and oxygen atoms in total. The van der Waals surface area contributed by atoms with Crippen LogP contribution in [-0.2, 0) is 6.54 Å². The van der Waals surface area contributed by atoms with E-state index in [0.29, 0.717) is 6.04 Å². The Labute approximate surface area is 126 Å². The zero-order valence-electron chi connectivity index (χ0n) is 13.2. The van der Waals surface area contributed by atoms with Gasteiger partial charge in [0, 0.05) is 22.5 Å². The second-order valence-corrected chi connectivity index (χ2v) is 6.95. The standard InChI is InChI=1S/C16H25N3S/c1-6-7-8-19-10-11(2)17-16(19)18-13(4)15-9-12(3)20-14(15)5/h9-10,13H,6-8H2,1-5H3,(H,17,18). The first-order chi connectivity index (χ1) is 9.51. The first-order valence-electron chi connectivity index (χ1n) is 7.38. The maximum absolute atomic E-state index is 4.62. The summed E-state index contributed by atoms with van der Waals surface area (Å²) in [6.45, 7) is 11.9. The summed E-state index contributed by atoms with van der Waals surface area (Å²) in [7, 11) is 0. The van der Waals surface area contributed by atoms with Crippen LogP contribution in [0.15, 0.2) is 12.3 Å². The quantitative estimate of drug-likeness (QED) is 0.825. The summed E-state index contributed by atoms with van der Waals surface area (Å²) in [5.74, 6) is 0.992. The smallest absolute Gasteiger partial charge is 0.203 e. The summed E-state index contributed by atoms with van der Waals surface area (Å²) < 4.78 is 2.24. The Hall–Kier alpha value is -1.29. The summed E-state index contributed by atoms with van der Waals surface area (Å²) in [4.78, 5) is 7.39. The van der Waals surface area contributed by atoms with Crippen LogP contribution in [0.25, 0.3) is 0 Å². The molecule has 2 heterocycles. The Morgan fingerprint density at radius 1 is 1.35 bits per heavy atom. The van der Waals surface area contributed by atoms with E-state index in [9.17, 15) is 0 Å². The molecule has 0 bridgehead atoms. The van der Waals surface area contributed by atoms with Crippen molar-refractivity contribution in [3.8, 4) is 0 Å². The Balaban J connectivity index is 2.14. The fraction of sp³-hybridized carbons (Fsp3) is 0.562. The molecule has 0 saturated heterocycles. The molecule has 0 fully saturated rings. The third kappa shape index (κ3) is 3.42. The van der Waals surface area contributed by atoms with E-state index in [0.717, 1.165) is 18.2 Å². The van der Waals surface area contributed by atoms with E-state index in [1.165, 1.54) is 28.2 Å². The topological polar surface area (TPSA) is 29.9 Å². The molecule has 2 aromatic heterocycles. The number of aromatic nitrogens is 2. The summed E-state index contributed by atoms with van der Waals surface area (Å²) in [6.07, 6.45) is 4.53. The van der Waals surface area contributed by atoms with Crippen molar-refractivity contribution in [3.63, 3.8) is 0 Å². The average Bonchev–Trinajstić information content (AvgIpc) is 2.89. The maximum Gasteiger partial charge on any atom is 0.203 e. The van der Waals surface area contributed by atoms with E-state index in [2.05, 4.69) is 61.7 Å². The van der Waals surface area contributed by atoms with Crippen molar-refractivity contribution in [3.05, 3.63) is 33.3 Å². The molecule has 0 spiro atoms. The van der Waals surface area contributed by atoms with Crippen molar-refractivity contribution in [2.45, 2.75) is 60.0 Å². The van der Waals surface area contributed by atoms with Crippen molar-refractivity contribution in [1.82, 2.24) is 9.55 Å². The number of hydrogen-bond donors (Lipinski definition) is 1. The molecule has 2 rings (SSSR count). The number of nitrogens with zero attached hydrogens (tertiary/aromatic N) is 2. The predicted octanol–water partition coefficient (Wildman–Crippen LogP) is 4.84. The van der Waals surface area contributed by atoms with Crippen LogP contribution in [0.3, 0.4) is 0 Å². The first-order valence-corrected chi connectivity index (χ1v) is 8.20. The summed E-state index contributed by atoms with van der Waals surface area (Å²) >= 11 is 1.86. The van der Waals surface area contributed by atoms with Crippen molar-refractivity contribution in [1.29, 1.82) is 0 Å². The van der Waals surface area contributed by atoms with Crippen LogP contribution < -0.4 is 5.32 Å². The van der Waals surface area contributed by atoms with Gasteiger partial charge in [-0.25, -0.2) is 4.98 Å². The fourth-order valence-corrected chi connectivity index (χ4v) is 3.54. The van der Waals surface area contributed by atoms with Crippen molar-refractivity contribution < 1.29 is 0 Å². The molecular weight excluding hydrogens is 266 g/mol. The predicted molar refractivity (Wildman–Crippen MR) is 87.7 cm³/mol. The third-order valence-corrected chi connectivity index (χ3v) is 4.52. The molecule has 0 aromatic carbocycles. The van der Waals surface area contributed by atoms with Gasteiger partial charge in [-0.1, -0.05) is 13.3 Å². The molecule has 20 heavy (non-hydrogen) atoms. The maximum atomic E-state index is 4.62. The van der Waals surface area contributed by atoms with Gasteiger partial charge in [0.15, 0.2) is 0 Å². The Kier molecular flexibility index (Phi) is 4.86. The van der Waals surface area contributed by atoms with Crippen molar-refractivity contribution >= 4 is 17.3 Å². The number of thiophene rings is 1. The van der Waals surface area contributed by atoms with Gasteiger partial charge in [-0.15, -0.1) is 11.3 Å². The number of anilines is 1. The van der Waals surface area contributed by atoms with Gasteiger partial charge in [-0.2, -0.15) is 0 Å². The minimum Gasteiger partial charge on any atom is -0.349 e. The van der Waals surface area contributed by atoms with Crippen molar-refractivity contribution in [2.24, 2.45) is 0 Å².